The molecule has 4 heterocycles. The highest BCUT2D eigenvalue weighted by atomic mass is 16.5. The third-order valence-electron chi connectivity index (χ3n) is 6.66. The van der Waals surface area contributed by atoms with Crippen molar-refractivity contribution in [1.82, 2.24) is 15.0 Å². The smallest absolute Gasteiger partial charge is 0.197 e. The Hall–Kier alpha value is -3.22. The highest BCUT2D eigenvalue weighted by molar-refractivity contribution is 6.21. The molecule has 0 amide bonds. The first-order chi connectivity index (χ1) is 15.1. The number of benzene rings is 1. The predicted octanol–water partition coefficient (Wildman–Crippen LogP) is 4.32. The Labute approximate surface area is 180 Å². The van der Waals surface area contributed by atoms with E-state index in [-0.39, 0.29) is 5.60 Å². The molecule has 0 N–H and O–H groups in total. The van der Waals surface area contributed by atoms with E-state index < -0.39 is 0 Å². The van der Waals surface area contributed by atoms with Gasteiger partial charge in [-0.2, -0.15) is 0 Å². The molecule has 0 saturated heterocycles. The minimum Gasteiger partial charge on any atom is -0.488 e. The molecule has 2 aromatic heterocycles. The summed E-state index contributed by atoms with van der Waals surface area (Å²) in [5.74, 6) is 4.32. The summed E-state index contributed by atoms with van der Waals surface area (Å²) in [6, 6.07) is 8.15. The molecule has 4 aliphatic rings. The standard InChI is InChI=1S/C24H23N5O2/c1-24(7-8-24)31-15-4-5-17-16(10-15)22(27-17)18-11-21(26-13-25-18)29-9-6-20-19(12-29)28-23(30-20)14-2-3-14/h4-5,10-11,13-14H,2-3,6-9,12H2,1H3. The largest absolute Gasteiger partial charge is 0.488 e. The number of rotatable bonds is 5. The van der Waals surface area contributed by atoms with E-state index in [1.165, 1.54) is 12.8 Å². The van der Waals surface area contributed by atoms with E-state index in [0.29, 0.717) is 5.92 Å². The zero-order chi connectivity index (χ0) is 20.6. The number of oxazole rings is 1. The minimum absolute atomic E-state index is 0.00494. The maximum absolute atomic E-state index is 6.13. The minimum atomic E-state index is 0.00494. The topological polar surface area (TPSA) is 76.6 Å². The molecule has 0 spiro atoms. The number of aromatic nitrogens is 3. The Morgan fingerprint density at radius 1 is 1.16 bits per heavy atom. The average molecular weight is 413 g/mol. The third kappa shape index (κ3) is 3.02. The van der Waals surface area contributed by atoms with Gasteiger partial charge in [0.05, 0.1) is 23.6 Å². The Kier molecular flexibility index (Phi) is 3.47. The number of aliphatic imine (C=N–C) groups is 1. The van der Waals surface area contributed by atoms with Gasteiger partial charge in [0.25, 0.3) is 0 Å². The summed E-state index contributed by atoms with van der Waals surface area (Å²) in [6.07, 6.45) is 7.13. The predicted molar refractivity (Wildman–Crippen MR) is 115 cm³/mol. The van der Waals surface area contributed by atoms with Crippen molar-refractivity contribution in [2.45, 2.75) is 57.1 Å². The number of nitrogens with zero attached hydrogens (tertiary/aromatic N) is 5. The Morgan fingerprint density at radius 3 is 2.90 bits per heavy atom. The Bertz CT molecular complexity index is 1240. The fourth-order valence-corrected chi connectivity index (χ4v) is 4.32. The van der Waals surface area contributed by atoms with Crippen molar-refractivity contribution < 1.29 is 9.15 Å². The molecule has 0 radical (unpaired) electrons. The number of fused-ring (bicyclic) bond motifs is 2. The van der Waals surface area contributed by atoms with Crippen LogP contribution in [0.4, 0.5) is 11.5 Å². The van der Waals surface area contributed by atoms with Crippen molar-refractivity contribution in [3.8, 4) is 5.75 Å². The van der Waals surface area contributed by atoms with Gasteiger partial charge in [-0.15, -0.1) is 0 Å². The first-order valence-corrected chi connectivity index (χ1v) is 11.1. The first-order valence-electron chi connectivity index (χ1n) is 11.1. The van der Waals surface area contributed by atoms with Crippen LogP contribution < -0.4 is 9.64 Å². The van der Waals surface area contributed by atoms with E-state index in [1.54, 1.807) is 6.33 Å². The lowest BCUT2D eigenvalue weighted by Crippen LogP contribution is -2.31. The Morgan fingerprint density at radius 2 is 2.06 bits per heavy atom. The van der Waals surface area contributed by atoms with E-state index in [4.69, 9.17) is 14.1 Å². The van der Waals surface area contributed by atoms with E-state index in [1.807, 2.05) is 18.2 Å². The van der Waals surface area contributed by atoms with Gasteiger partial charge in [-0.25, -0.2) is 19.9 Å². The fraction of sp³-hybridized carbons (Fsp3) is 0.417. The third-order valence-corrected chi connectivity index (χ3v) is 6.66. The van der Waals surface area contributed by atoms with Crippen molar-refractivity contribution in [3.63, 3.8) is 0 Å². The lowest BCUT2D eigenvalue weighted by molar-refractivity contribution is 0.200. The summed E-state index contributed by atoms with van der Waals surface area (Å²) in [5.41, 5.74) is 4.89. The quantitative estimate of drug-likeness (QED) is 0.485. The van der Waals surface area contributed by atoms with Crippen molar-refractivity contribution in [3.05, 3.63) is 59.2 Å². The van der Waals surface area contributed by atoms with Crippen LogP contribution in [0.2, 0.25) is 0 Å². The van der Waals surface area contributed by atoms with Crippen molar-refractivity contribution in [2.75, 3.05) is 11.4 Å². The number of anilines is 1. The molecule has 0 unspecified atom stereocenters. The zero-order valence-electron chi connectivity index (χ0n) is 17.5. The van der Waals surface area contributed by atoms with Crippen molar-refractivity contribution in [2.24, 2.45) is 4.99 Å². The van der Waals surface area contributed by atoms with Crippen LogP contribution in [0.5, 0.6) is 5.75 Å². The van der Waals surface area contributed by atoms with Crippen LogP contribution in [0.15, 0.2) is 40.0 Å². The molecule has 7 heteroatoms. The van der Waals surface area contributed by atoms with Gasteiger partial charge in [-0.1, -0.05) is 0 Å². The maximum Gasteiger partial charge on any atom is 0.197 e. The molecule has 2 fully saturated rings. The molecule has 7 rings (SSSR count). The lowest BCUT2D eigenvalue weighted by Gasteiger charge is -2.27. The van der Waals surface area contributed by atoms with Gasteiger partial charge in [-0.3, -0.25) is 0 Å². The number of hydrogen-bond acceptors (Lipinski definition) is 7. The van der Waals surface area contributed by atoms with Gasteiger partial charge in [0.2, 0.25) is 0 Å². The second kappa shape index (κ2) is 6.15. The second-order valence-electron chi connectivity index (χ2n) is 9.32. The molecule has 1 aromatic carbocycles. The molecular weight excluding hydrogens is 390 g/mol. The van der Waals surface area contributed by atoms with E-state index in [9.17, 15) is 0 Å². The van der Waals surface area contributed by atoms with Gasteiger partial charge in [0, 0.05) is 30.5 Å². The summed E-state index contributed by atoms with van der Waals surface area (Å²) in [6.45, 7) is 3.74. The number of ether oxygens (including phenoxy) is 1. The summed E-state index contributed by atoms with van der Waals surface area (Å²) in [4.78, 5) is 20.7. The first kappa shape index (κ1) is 17.5. The molecule has 31 heavy (non-hydrogen) atoms. The highest BCUT2D eigenvalue weighted by Crippen LogP contribution is 2.43. The zero-order valence-corrected chi connectivity index (χ0v) is 17.5. The van der Waals surface area contributed by atoms with Crippen molar-refractivity contribution >= 4 is 17.2 Å². The van der Waals surface area contributed by atoms with Crippen LogP contribution in [-0.4, -0.2) is 32.8 Å². The van der Waals surface area contributed by atoms with Crippen molar-refractivity contribution in [1.29, 1.82) is 0 Å². The molecule has 2 saturated carbocycles. The van der Waals surface area contributed by atoms with Crippen LogP contribution >= 0.6 is 0 Å². The lowest BCUT2D eigenvalue weighted by atomic mass is 9.98. The SMILES string of the molecule is CC1(Oc2ccc3c(c2)C(c2cc(N4CCc5oc(C6CC6)nc5C4)ncn2)=N3)CC1. The molecule has 3 aromatic rings. The van der Waals surface area contributed by atoms with E-state index in [0.717, 1.165) is 83.9 Å². The molecule has 156 valence electrons. The second-order valence-corrected chi connectivity index (χ2v) is 9.32. The van der Waals surface area contributed by atoms with Gasteiger partial charge in [-0.05, 0) is 50.8 Å². The maximum atomic E-state index is 6.13. The summed E-state index contributed by atoms with van der Waals surface area (Å²) >= 11 is 0. The molecular formula is C24H23N5O2. The van der Waals surface area contributed by atoms with Crippen LogP contribution in [0.1, 0.15) is 67.1 Å². The van der Waals surface area contributed by atoms with Gasteiger partial charge >= 0.3 is 0 Å². The van der Waals surface area contributed by atoms with E-state index in [2.05, 4.69) is 32.9 Å². The van der Waals surface area contributed by atoms with Crippen LogP contribution in [0, 0.1) is 0 Å². The van der Waals surface area contributed by atoms with Gasteiger partial charge in [0.1, 0.15) is 34.9 Å². The van der Waals surface area contributed by atoms with Crippen LogP contribution in [0.25, 0.3) is 0 Å². The van der Waals surface area contributed by atoms with Gasteiger partial charge < -0.3 is 14.1 Å². The summed E-state index contributed by atoms with van der Waals surface area (Å²) in [7, 11) is 0. The number of hydrogen-bond donors (Lipinski definition) is 0. The summed E-state index contributed by atoms with van der Waals surface area (Å²) in [5, 5.41) is 0. The molecule has 2 aliphatic carbocycles. The Balaban J connectivity index is 1.13. The molecule has 7 nitrogen and oxygen atoms in total. The van der Waals surface area contributed by atoms with E-state index >= 15 is 0 Å². The molecule has 0 bridgehead atoms. The monoisotopic (exact) mass is 413 g/mol. The molecule has 0 atom stereocenters. The fourth-order valence-electron chi connectivity index (χ4n) is 4.32. The highest BCUT2D eigenvalue weighted by Gasteiger charge is 2.40. The van der Waals surface area contributed by atoms with Crippen LogP contribution in [0.3, 0.4) is 0 Å². The van der Waals surface area contributed by atoms with Crippen LogP contribution in [-0.2, 0) is 13.0 Å². The molecule has 2 aliphatic heterocycles. The summed E-state index contributed by atoms with van der Waals surface area (Å²) < 4.78 is 12.1. The normalized spacial score (nSPS) is 20.4. The average Bonchev–Trinajstić information content (AvgIpc) is 3.69. The van der Waals surface area contributed by atoms with Gasteiger partial charge in [0.15, 0.2) is 5.89 Å².